The number of aromatic nitrogens is 2. The van der Waals surface area contributed by atoms with Gasteiger partial charge in [0.25, 0.3) is 0 Å². The van der Waals surface area contributed by atoms with Crippen LogP contribution < -0.4 is 4.90 Å². The lowest BCUT2D eigenvalue weighted by atomic mass is 10.0. The molecule has 0 bridgehead atoms. The molecule has 3 heteroatoms. The lowest BCUT2D eigenvalue weighted by Gasteiger charge is -2.26. The molecule has 0 unspecified atom stereocenters. The number of benzene rings is 8. The molecule has 10 rings (SSSR count). The van der Waals surface area contributed by atoms with Gasteiger partial charge in [0.2, 0.25) is 0 Å². The number of anilines is 3. The first-order valence-electron chi connectivity index (χ1n) is 17.5. The van der Waals surface area contributed by atoms with E-state index < -0.39 is 0 Å². The summed E-state index contributed by atoms with van der Waals surface area (Å²) in [6, 6.07) is 71.9. The van der Waals surface area contributed by atoms with Crippen molar-refractivity contribution in [3.63, 3.8) is 0 Å². The van der Waals surface area contributed by atoms with Crippen molar-refractivity contribution in [1.82, 2.24) is 9.13 Å². The van der Waals surface area contributed by atoms with Crippen LogP contribution in [0.25, 0.3) is 66.1 Å². The van der Waals surface area contributed by atoms with Crippen LogP contribution in [0.2, 0.25) is 0 Å². The summed E-state index contributed by atoms with van der Waals surface area (Å²) in [6.07, 6.45) is 0. The summed E-state index contributed by atoms with van der Waals surface area (Å²) in [5.41, 5.74) is 12.9. The van der Waals surface area contributed by atoms with Gasteiger partial charge in [0, 0.05) is 50.0 Å². The molecule has 0 atom stereocenters. The molecular weight excluding hydrogens is 619 g/mol. The quantitative estimate of drug-likeness (QED) is 0.174. The average molecular weight is 652 g/mol. The van der Waals surface area contributed by atoms with E-state index in [2.05, 4.69) is 214 Å². The first kappa shape index (κ1) is 29.1. The Kier molecular flexibility index (Phi) is 6.81. The van der Waals surface area contributed by atoms with Crippen molar-refractivity contribution in [2.24, 2.45) is 0 Å². The summed E-state index contributed by atoms with van der Waals surface area (Å²) >= 11 is 0. The molecule has 2 heterocycles. The van der Waals surface area contributed by atoms with Gasteiger partial charge in [-0.25, -0.2) is 0 Å². The van der Waals surface area contributed by atoms with Gasteiger partial charge in [-0.05, 0) is 90.0 Å². The second-order valence-electron chi connectivity index (χ2n) is 13.0. The zero-order chi connectivity index (χ0) is 33.7. The molecule has 0 saturated heterocycles. The van der Waals surface area contributed by atoms with E-state index in [4.69, 9.17) is 0 Å². The van der Waals surface area contributed by atoms with Crippen molar-refractivity contribution < 1.29 is 0 Å². The van der Waals surface area contributed by atoms with Crippen LogP contribution in [0.4, 0.5) is 17.1 Å². The lowest BCUT2D eigenvalue weighted by molar-refractivity contribution is 1.17. The molecular formula is C48H33N3. The molecule has 51 heavy (non-hydrogen) atoms. The third-order valence-electron chi connectivity index (χ3n) is 10.1. The first-order valence-corrected chi connectivity index (χ1v) is 17.5. The van der Waals surface area contributed by atoms with E-state index in [0.29, 0.717) is 0 Å². The van der Waals surface area contributed by atoms with Crippen LogP contribution in [0.5, 0.6) is 0 Å². The van der Waals surface area contributed by atoms with E-state index in [1.807, 2.05) is 0 Å². The van der Waals surface area contributed by atoms with E-state index in [0.717, 1.165) is 28.4 Å². The minimum atomic E-state index is 1.10. The molecule has 0 aliphatic carbocycles. The molecule has 0 aliphatic heterocycles. The van der Waals surface area contributed by atoms with Crippen LogP contribution in [-0.4, -0.2) is 9.13 Å². The van der Waals surface area contributed by atoms with E-state index >= 15 is 0 Å². The molecule has 3 nitrogen and oxygen atoms in total. The van der Waals surface area contributed by atoms with Crippen LogP contribution in [-0.2, 0) is 0 Å². The van der Waals surface area contributed by atoms with Gasteiger partial charge >= 0.3 is 0 Å². The average Bonchev–Trinajstić information content (AvgIpc) is 3.73. The molecule has 2 aromatic heterocycles. The molecule has 8 aromatic carbocycles. The van der Waals surface area contributed by atoms with Crippen LogP contribution in [0.1, 0.15) is 0 Å². The normalized spacial score (nSPS) is 11.5. The Balaban J connectivity index is 1.15. The van der Waals surface area contributed by atoms with E-state index in [1.165, 1.54) is 54.7 Å². The van der Waals surface area contributed by atoms with E-state index in [1.54, 1.807) is 0 Å². The predicted octanol–water partition coefficient (Wildman–Crippen LogP) is 13.0. The van der Waals surface area contributed by atoms with Crippen molar-refractivity contribution in [3.05, 3.63) is 200 Å². The highest BCUT2D eigenvalue weighted by molar-refractivity contribution is 6.26. The summed E-state index contributed by atoms with van der Waals surface area (Å²) in [5, 5.41) is 5.03. The molecule has 0 aliphatic rings. The van der Waals surface area contributed by atoms with Gasteiger partial charge < -0.3 is 14.0 Å². The van der Waals surface area contributed by atoms with E-state index in [9.17, 15) is 0 Å². The van der Waals surface area contributed by atoms with Gasteiger partial charge in [0.15, 0.2) is 0 Å². The highest BCUT2D eigenvalue weighted by Crippen LogP contribution is 2.42. The smallest absolute Gasteiger partial charge is 0.0641 e. The largest absolute Gasteiger partial charge is 0.311 e. The maximum Gasteiger partial charge on any atom is 0.0641 e. The third-order valence-corrected chi connectivity index (χ3v) is 10.1. The van der Waals surface area contributed by atoms with Crippen LogP contribution in [0.15, 0.2) is 200 Å². The zero-order valence-electron chi connectivity index (χ0n) is 27.9. The van der Waals surface area contributed by atoms with Gasteiger partial charge in [-0.3, -0.25) is 0 Å². The number of nitrogens with zero attached hydrogens (tertiary/aromatic N) is 3. The molecule has 0 N–H and O–H groups in total. The van der Waals surface area contributed by atoms with Crippen molar-refractivity contribution in [2.45, 2.75) is 0 Å². The topological polar surface area (TPSA) is 13.1 Å². The maximum absolute atomic E-state index is 2.44. The fourth-order valence-electron chi connectivity index (χ4n) is 7.84. The van der Waals surface area contributed by atoms with Crippen molar-refractivity contribution >= 4 is 60.7 Å². The summed E-state index contributed by atoms with van der Waals surface area (Å²) < 4.78 is 4.86. The van der Waals surface area contributed by atoms with Gasteiger partial charge in [-0.15, -0.1) is 0 Å². The Labute approximate surface area is 296 Å². The molecule has 0 amide bonds. The standard InChI is InChI=1S/C48H33N3/c1-4-14-34(15-5-1)35-24-26-38(27-25-35)49(36-16-6-2-7-17-36)39-28-30-40(31-29-39)50-45-23-13-11-21-43(45)47-46(50)33-32-42-41-20-10-12-22-44(41)51(48(42)47)37-18-8-3-9-19-37/h1-33H. The molecule has 0 saturated carbocycles. The number of hydrogen-bond donors (Lipinski definition) is 0. The monoisotopic (exact) mass is 651 g/mol. The van der Waals surface area contributed by atoms with Crippen LogP contribution in [0, 0.1) is 0 Å². The second kappa shape index (κ2) is 11.9. The minimum Gasteiger partial charge on any atom is -0.311 e. The fourth-order valence-corrected chi connectivity index (χ4v) is 7.84. The Morgan fingerprint density at radius 1 is 0.294 bits per heavy atom. The molecule has 0 fully saturated rings. The molecule has 10 aromatic rings. The van der Waals surface area contributed by atoms with Crippen molar-refractivity contribution in [3.8, 4) is 22.5 Å². The fraction of sp³-hybridized carbons (Fsp3) is 0. The maximum atomic E-state index is 2.44. The van der Waals surface area contributed by atoms with E-state index in [-0.39, 0.29) is 0 Å². The Bertz CT molecular complexity index is 2810. The van der Waals surface area contributed by atoms with Crippen molar-refractivity contribution in [1.29, 1.82) is 0 Å². The SMILES string of the molecule is c1ccc(-c2ccc(N(c3ccccc3)c3ccc(-n4c5ccccc5c5c4ccc4c6ccccc6n(-c6ccccc6)c45)cc3)cc2)cc1. The van der Waals surface area contributed by atoms with Crippen LogP contribution >= 0.6 is 0 Å². The summed E-state index contributed by atoms with van der Waals surface area (Å²) in [7, 11) is 0. The highest BCUT2D eigenvalue weighted by atomic mass is 15.1. The summed E-state index contributed by atoms with van der Waals surface area (Å²) in [5.74, 6) is 0. The van der Waals surface area contributed by atoms with Gasteiger partial charge in [-0.2, -0.15) is 0 Å². The summed E-state index contributed by atoms with van der Waals surface area (Å²) in [6.45, 7) is 0. The van der Waals surface area contributed by atoms with Gasteiger partial charge in [0.1, 0.15) is 0 Å². The molecule has 0 radical (unpaired) electrons. The number of hydrogen-bond acceptors (Lipinski definition) is 1. The zero-order valence-corrected chi connectivity index (χ0v) is 27.9. The minimum absolute atomic E-state index is 1.10. The lowest BCUT2D eigenvalue weighted by Crippen LogP contribution is -2.10. The second-order valence-corrected chi connectivity index (χ2v) is 13.0. The predicted molar refractivity (Wildman–Crippen MR) is 215 cm³/mol. The third kappa shape index (κ3) is 4.74. The molecule has 240 valence electrons. The summed E-state index contributed by atoms with van der Waals surface area (Å²) in [4.78, 5) is 2.33. The van der Waals surface area contributed by atoms with Gasteiger partial charge in [0.05, 0.1) is 22.1 Å². The number of rotatable bonds is 6. The van der Waals surface area contributed by atoms with Crippen LogP contribution in [0.3, 0.4) is 0 Å². The number of para-hydroxylation sites is 4. The van der Waals surface area contributed by atoms with Crippen molar-refractivity contribution in [2.75, 3.05) is 4.90 Å². The highest BCUT2D eigenvalue weighted by Gasteiger charge is 2.21. The molecule has 0 spiro atoms. The number of fused-ring (bicyclic) bond motifs is 7. The van der Waals surface area contributed by atoms with Gasteiger partial charge in [-0.1, -0.05) is 121 Å². The Morgan fingerprint density at radius 2 is 0.784 bits per heavy atom. The Hall–Kier alpha value is -6.84. The Morgan fingerprint density at radius 3 is 1.47 bits per heavy atom. The first-order chi connectivity index (χ1) is 25.3.